The lowest BCUT2D eigenvalue weighted by Gasteiger charge is -2.22. The fraction of sp³-hybridized carbons (Fsp3) is 0.385. The second-order valence-electron chi connectivity index (χ2n) is 4.35. The summed E-state index contributed by atoms with van der Waals surface area (Å²) in [5.74, 6) is 0.0749. The Morgan fingerprint density at radius 3 is 2.89 bits per heavy atom. The summed E-state index contributed by atoms with van der Waals surface area (Å²) in [6.45, 7) is 3.45. The molecule has 1 aromatic rings. The molecule has 5 heteroatoms. The molecule has 0 aliphatic carbocycles. The van der Waals surface area contributed by atoms with Gasteiger partial charge in [0, 0.05) is 23.1 Å². The van der Waals surface area contributed by atoms with Crippen molar-refractivity contribution in [2.24, 2.45) is 0 Å². The zero-order valence-electron chi connectivity index (χ0n) is 10.2. The molecule has 0 atom stereocenters. The quantitative estimate of drug-likeness (QED) is 0.850. The van der Waals surface area contributed by atoms with E-state index < -0.39 is 0 Å². The average molecular weight is 311 g/mol. The zero-order chi connectivity index (χ0) is 13.1. The van der Waals surface area contributed by atoms with Crippen LogP contribution in [-0.4, -0.2) is 31.3 Å². The molecule has 1 amide bonds. The fourth-order valence-corrected chi connectivity index (χ4v) is 2.62. The highest BCUT2D eigenvalue weighted by molar-refractivity contribution is 9.10. The minimum absolute atomic E-state index is 0.0371. The smallest absolute Gasteiger partial charge is 0.239 e. The number of amides is 1. The fourth-order valence-electron chi connectivity index (χ4n) is 1.99. The first-order valence-corrected chi connectivity index (χ1v) is 6.69. The monoisotopic (exact) mass is 310 g/mol. The molecule has 1 aliphatic heterocycles. The highest BCUT2D eigenvalue weighted by Crippen LogP contribution is 2.28. The Hall–Kier alpha value is -1.36. The normalized spacial score (nSPS) is 16.1. The molecule has 1 heterocycles. The number of Topliss-reactive ketones (excluding diaryl/α,β-unsaturated/α-hetero) is 1. The summed E-state index contributed by atoms with van der Waals surface area (Å²) in [5.41, 5.74) is 1.63. The molecule has 1 saturated heterocycles. The van der Waals surface area contributed by atoms with Crippen LogP contribution in [0, 0.1) is 0 Å². The largest absolute Gasteiger partial charge is 0.361 e. The van der Waals surface area contributed by atoms with Crippen LogP contribution in [0.2, 0.25) is 0 Å². The number of halogens is 1. The predicted molar refractivity (Wildman–Crippen MR) is 74.0 cm³/mol. The minimum Gasteiger partial charge on any atom is -0.361 e. The number of carbonyl (C=O) groups excluding carboxylic acids is 2. The molecular weight excluding hydrogens is 296 g/mol. The third kappa shape index (κ3) is 2.90. The molecule has 1 N–H and O–H groups in total. The van der Waals surface area contributed by atoms with Crippen molar-refractivity contribution >= 4 is 33.3 Å². The van der Waals surface area contributed by atoms with E-state index in [1.54, 1.807) is 19.1 Å². The summed E-state index contributed by atoms with van der Waals surface area (Å²) in [5, 5.41) is 2.84. The van der Waals surface area contributed by atoms with Gasteiger partial charge in [0.05, 0.1) is 12.2 Å². The Kier molecular flexibility index (Phi) is 4.01. The Morgan fingerprint density at radius 2 is 2.22 bits per heavy atom. The topological polar surface area (TPSA) is 49.4 Å². The first-order chi connectivity index (χ1) is 8.58. The number of hydrogen-bond donors (Lipinski definition) is 1. The maximum atomic E-state index is 11.5. The van der Waals surface area contributed by atoms with Gasteiger partial charge in [-0.3, -0.25) is 9.59 Å². The molecule has 0 radical (unpaired) electrons. The van der Waals surface area contributed by atoms with Gasteiger partial charge in [0.2, 0.25) is 5.91 Å². The lowest BCUT2D eigenvalue weighted by atomic mass is 10.1. The van der Waals surface area contributed by atoms with Crippen LogP contribution >= 0.6 is 15.9 Å². The Bertz CT molecular complexity index is 488. The van der Waals surface area contributed by atoms with Crippen molar-refractivity contribution < 1.29 is 9.59 Å². The third-order valence-corrected chi connectivity index (χ3v) is 3.59. The molecule has 1 fully saturated rings. The van der Waals surface area contributed by atoms with Crippen LogP contribution < -0.4 is 10.2 Å². The van der Waals surface area contributed by atoms with Crippen molar-refractivity contribution in [1.82, 2.24) is 5.32 Å². The van der Waals surface area contributed by atoms with Crippen LogP contribution in [0.1, 0.15) is 23.7 Å². The second kappa shape index (κ2) is 5.52. The second-order valence-corrected chi connectivity index (χ2v) is 5.20. The number of nitrogens with zero attached hydrogens (tertiary/aromatic N) is 1. The van der Waals surface area contributed by atoms with E-state index in [0.717, 1.165) is 29.7 Å². The average Bonchev–Trinajstić information content (AvgIpc) is 2.53. The molecule has 0 bridgehead atoms. The van der Waals surface area contributed by atoms with Gasteiger partial charge in [0.15, 0.2) is 5.78 Å². The molecule has 0 unspecified atom stereocenters. The molecule has 2 rings (SSSR count). The van der Waals surface area contributed by atoms with Crippen LogP contribution in [0.5, 0.6) is 0 Å². The van der Waals surface area contributed by atoms with Gasteiger partial charge < -0.3 is 10.2 Å². The van der Waals surface area contributed by atoms with Gasteiger partial charge >= 0.3 is 0 Å². The summed E-state index contributed by atoms with van der Waals surface area (Å²) in [6.07, 6.45) is 0.923. The van der Waals surface area contributed by atoms with Crippen LogP contribution in [-0.2, 0) is 4.79 Å². The number of anilines is 1. The summed E-state index contributed by atoms with van der Waals surface area (Å²) in [4.78, 5) is 24.8. The van der Waals surface area contributed by atoms with Crippen molar-refractivity contribution in [1.29, 1.82) is 0 Å². The standard InChI is InChI=1S/C13H15BrN2O2/c1-9(17)10-3-4-12(11(14)7-10)16-6-2-5-15-13(18)8-16/h3-4,7H,2,5-6,8H2,1H3,(H,15,18). The van der Waals surface area contributed by atoms with Crippen LogP contribution in [0.25, 0.3) is 0 Å². The SMILES string of the molecule is CC(=O)c1ccc(N2CCCNC(=O)C2)c(Br)c1. The Labute approximate surface area is 114 Å². The first kappa shape index (κ1) is 13.1. The van der Waals surface area contributed by atoms with Crippen molar-refractivity contribution in [3.8, 4) is 0 Å². The van der Waals surface area contributed by atoms with E-state index in [4.69, 9.17) is 0 Å². The number of hydrogen-bond acceptors (Lipinski definition) is 3. The van der Waals surface area contributed by atoms with Crippen LogP contribution in [0.4, 0.5) is 5.69 Å². The van der Waals surface area contributed by atoms with E-state index in [1.165, 1.54) is 0 Å². The van der Waals surface area contributed by atoms with Gasteiger partial charge in [-0.1, -0.05) is 0 Å². The number of ketones is 1. The van der Waals surface area contributed by atoms with Crippen LogP contribution in [0.3, 0.4) is 0 Å². The molecule has 96 valence electrons. The van der Waals surface area contributed by atoms with Crippen molar-refractivity contribution in [3.05, 3.63) is 28.2 Å². The van der Waals surface area contributed by atoms with Gasteiger partial charge in [0.1, 0.15) is 0 Å². The Morgan fingerprint density at radius 1 is 1.44 bits per heavy atom. The number of nitrogens with one attached hydrogen (secondary N) is 1. The molecule has 0 aromatic heterocycles. The first-order valence-electron chi connectivity index (χ1n) is 5.90. The summed E-state index contributed by atoms with van der Waals surface area (Å²) in [7, 11) is 0. The molecule has 1 aromatic carbocycles. The van der Waals surface area contributed by atoms with Gasteiger partial charge in [-0.25, -0.2) is 0 Å². The van der Waals surface area contributed by atoms with Gasteiger partial charge in [0.25, 0.3) is 0 Å². The van der Waals surface area contributed by atoms with Gasteiger partial charge in [-0.05, 0) is 47.5 Å². The maximum absolute atomic E-state index is 11.5. The van der Waals surface area contributed by atoms with Crippen molar-refractivity contribution in [2.45, 2.75) is 13.3 Å². The zero-order valence-corrected chi connectivity index (χ0v) is 11.8. The summed E-state index contributed by atoms with van der Waals surface area (Å²) < 4.78 is 0.852. The van der Waals surface area contributed by atoms with Gasteiger partial charge in [-0.15, -0.1) is 0 Å². The lowest BCUT2D eigenvalue weighted by molar-refractivity contribution is -0.119. The van der Waals surface area contributed by atoms with Crippen LogP contribution in [0.15, 0.2) is 22.7 Å². The summed E-state index contributed by atoms with van der Waals surface area (Å²) >= 11 is 3.47. The molecule has 4 nitrogen and oxygen atoms in total. The number of benzene rings is 1. The van der Waals surface area contributed by atoms with E-state index in [1.807, 2.05) is 11.0 Å². The molecule has 18 heavy (non-hydrogen) atoms. The van der Waals surface area contributed by atoms with Crippen molar-refractivity contribution in [2.75, 3.05) is 24.5 Å². The van der Waals surface area contributed by atoms with E-state index >= 15 is 0 Å². The van der Waals surface area contributed by atoms with Crippen molar-refractivity contribution in [3.63, 3.8) is 0 Å². The highest BCUT2D eigenvalue weighted by atomic mass is 79.9. The maximum Gasteiger partial charge on any atom is 0.239 e. The van der Waals surface area contributed by atoms with E-state index in [-0.39, 0.29) is 11.7 Å². The summed E-state index contributed by atoms with van der Waals surface area (Å²) in [6, 6.07) is 5.49. The minimum atomic E-state index is 0.0371. The molecular formula is C13H15BrN2O2. The molecule has 0 spiro atoms. The highest BCUT2D eigenvalue weighted by Gasteiger charge is 2.17. The van der Waals surface area contributed by atoms with Gasteiger partial charge in [-0.2, -0.15) is 0 Å². The molecule has 1 aliphatic rings. The number of rotatable bonds is 2. The lowest BCUT2D eigenvalue weighted by Crippen LogP contribution is -2.33. The van der Waals surface area contributed by atoms with E-state index in [0.29, 0.717) is 12.1 Å². The van der Waals surface area contributed by atoms with E-state index in [2.05, 4.69) is 21.2 Å². The predicted octanol–water partition coefficient (Wildman–Crippen LogP) is 1.98. The molecule has 0 saturated carbocycles. The third-order valence-electron chi connectivity index (χ3n) is 2.96. The Balaban J connectivity index is 2.27. The number of carbonyl (C=O) groups is 2. The van der Waals surface area contributed by atoms with E-state index in [9.17, 15) is 9.59 Å².